The highest BCUT2D eigenvalue weighted by molar-refractivity contribution is 6.10. The van der Waals surface area contributed by atoms with Crippen LogP contribution in [0.15, 0.2) is 0 Å². The van der Waals surface area contributed by atoms with Gasteiger partial charge >= 0.3 is 5.97 Å². The molecule has 1 heterocycles. The molecule has 0 aromatic heterocycles. The van der Waals surface area contributed by atoms with Gasteiger partial charge in [0.2, 0.25) is 0 Å². The van der Waals surface area contributed by atoms with Gasteiger partial charge in [0, 0.05) is 6.92 Å². The average Bonchev–Trinajstić information content (AvgIpc) is 3.01. The first kappa shape index (κ1) is 13.0. The molecular weight excluding hydrogens is 236 g/mol. The van der Waals surface area contributed by atoms with Crippen molar-refractivity contribution in [3.63, 3.8) is 0 Å². The second-order valence-corrected chi connectivity index (χ2v) is 6.02. The lowest BCUT2D eigenvalue weighted by molar-refractivity contribution is -0.160. The van der Waals surface area contributed by atoms with Gasteiger partial charge in [-0.15, -0.1) is 0 Å². The van der Waals surface area contributed by atoms with Gasteiger partial charge < -0.3 is 14.2 Å². The highest BCUT2D eigenvalue weighted by atomic mass is 28.1. The van der Waals surface area contributed by atoms with E-state index in [1.165, 1.54) is 32.6 Å². The molecule has 4 atom stereocenters. The summed E-state index contributed by atoms with van der Waals surface area (Å²) >= 11 is 0. The Morgan fingerprint density at radius 1 is 1.47 bits per heavy atom. The largest absolute Gasteiger partial charge is 0.441 e. The zero-order valence-electron chi connectivity index (χ0n) is 10.7. The van der Waals surface area contributed by atoms with E-state index < -0.39 is 0 Å². The number of hydrogen-bond donors (Lipinski definition) is 0. The number of fused-ring (bicyclic) bond motifs is 1. The van der Waals surface area contributed by atoms with Crippen LogP contribution in [0.1, 0.15) is 39.0 Å². The Labute approximate surface area is 105 Å². The summed E-state index contributed by atoms with van der Waals surface area (Å²) in [7, 11) is 0.732. The van der Waals surface area contributed by atoms with Gasteiger partial charge in [0.15, 0.2) is 5.91 Å². The molecule has 2 rings (SSSR count). The number of hydrogen-bond acceptors (Lipinski definition) is 4. The van der Waals surface area contributed by atoms with Gasteiger partial charge in [-0.25, -0.2) is 0 Å². The molecule has 1 saturated heterocycles. The number of epoxide rings is 1. The predicted molar refractivity (Wildman–Crippen MR) is 66.7 cm³/mol. The Bertz CT molecular complexity index is 271. The topological polar surface area (TPSA) is 48.1 Å². The first-order valence-corrected chi connectivity index (χ1v) is 7.75. The maximum atomic E-state index is 10.7. The summed E-state index contributed by atoms with van der Waals surface area (Å²) in [5.74, 6) is 0.271. The van der Waals surface area contributed by atoms with Crippen LogP contribution in [0.5, 0.6) is 0 Å². The molecular formula is C12H22O4Si. The summed E-state index contributed by atoms with van der Waals surface area (Å²) < 4.78 is 15.9. The fourth-order valence-electron chi connectivity index (χ4n) is 2.64. The van der Waals surface area contributed by atoms with Crippen LogP contribution in [0.25, 0.3) is 0 Å². The average molecular weight is 258 g/mol. The molecule has 2 aliphatic rings. The molecule has 1 aliphatic heterocycles. The maximum absolute atomic E-state index is 10.7. The lowest BCUT2D eigenvalue weighted by atomic mass is 9.86. The summed E-state index contributed by atoms with van der Waals surface area (Å²) in [5, 5.41) is 0. The van der Waals surface area contributed by atoms with Gasteiger partial charge in [0.1, 0.15) is 0 Å². The van der Waals surface area contributed by atoms with Crippen LogP contribution in [0.3, 0.4) is 0 Å². The van der Waals surface area contributed by atoms with Crippen molar-refractivity contribution >= 4 is 16.2 Å². The maximum Gasteiger partial charge on any atom is 0.304 e. The molecule has 4 unspecified atom stereocenters. The first-order chi connectivity index (χ1) is 8.15. The van der Waals surface area contributed by atoms with E-state index in [-0.39, 0.29) is 11.9 Å². The lowest BCUT2D eigenvalue weighted by Crippen LogP contribution is -2.21. The highest BCUT2D eigenvalue weighted by Crippen LogP contribution is 2.40. The predicted octanol–water partition coefficient (Wildman–Crippen LogP) is 0.563. The van der Waals surface area contributed by atoms with Crippen LogP contribution in [0.2, 0.25) is 0 Å². The highest BCUT2D eigenvalue weighted by Gasteiger charge is 2.43. The summed E-state index contributed by atoms with van der Waals surface area (Å²) in [4.78, 5) is 10.7. The van der Waals surface area contributed by atoms with Crippen LogP contribution in [0.4, 0.5) is 0 Å². The minimum absolute atomic E-state index is 0.255. The van der Waals surface area contributed by atoms with Crippen LogP contribution in [-0.4, -0.2) is 40.9 Å². The summed E-state index contributed by atoms with van der Waals surface area (Å²) in [5.41, 5.74) is 0. The van der Waals surface area contributed by atoms with E-state index in [0.29, 0.717) is 18.8 Å². The van der Waals surface area contributed by atoms with Gasteiger partial charge in [-0.05, 0) is 38.0 Å². The van der Waals surface area contributed by atoms with Gasteiger partial charge in [0.25, 0.3) is 0 Å². The smallest absolute Gasteiger partial charge is 0.304 e. The zero-order valence-corrected chi connectivity index (χ0v) is 12.7. The third-order valence-electron chi connectivity index (χ3n) is 3.55. The fraction of sp³-hybridized carbons (Fsp3) is 0.917. The summed E-state index contributed by atoms with van der Waals surface area (Å²) in [6.07, 6.45) is 7.21. The van der Waals surface area contributed by atoms with Crippen LogP contribution in [-0.2, 0) is 19.0 Å². The van der Waals surface area contributed by atoms with Gasteiger partial charge in [0.05, 0.1) is 29.1 Å². The van der Waals surface area contributed by atoms with E-state index in [9.17, 15) is 4.79 Å². The number of carbonyl (C=O) groups excluding carboxylic acids is 1. The molecule has 2 fully saturated rings. The molecule has 0 aromatic carbocycles. The molecule has 0 radical (unpaired) electrons. The molecule has 0 amide bonds. The number of ether oxygens (including phenoxy) is 3. The van der Waals surface area contributed by atoms with Crippen molar-refractivity contribution in [1.29, 1.82) is 0 Å². The third kappa shape index (κ3) is 4.41. The van der Waals surface area contributed by atoms with Crippen LogP contribution < -0.4 is 0 Å². The lowest BCUT2D eigenvalue weighted by Gasteiger charge is -2.19. The SMILES string of the molecule is CC(=O)OC([SiH3])OCCCC1CCC2OC2C1. The summed E-state index contributed by atoms with van der Waals surface area (Å²) in [6.45, 7) is 2.12. The van der Waals surface area contributed by atoms with E-state index in [1.807, 2.05) is 0 Å². The first-order valence-electron chi connectivity index (χ1n) is 6.59. The number of rotatable bonds is 6. The van der Waals surface area contributed by atoms with E-state index in [0.717, 1.165) is 22.6 Å². The minimum atomic E-state index is -0.282. The molecule has 5 heteroatoms. The quantitative estimate of drug-likeness (QED) is 0.230. The van der Waals surface area contributed by atoms with Crippen molar-refractivity contribution in [3.8, 4) is 0 Å². The number of esters is 1. The molecule has 0 N–H and O–H groups in total. The Morgan fingerprint density at radius 3 is 3.00 bits per heavy atom. The molecule has 1 aliphatic carbocycles. The van der Waals surface area contributed by atoms with Gasteiger partial charge in [-0.1, -0.05) is 0 Å². The zero-order chi connectivity index (χ0) is 12.3. The molecule has 0 aromatic rings. The molecule has 98 valence electrons. The van der Waals surface area contributed by atoms with Crippen molar-refractivity contribution in [2.75, 3.05) is 6.61 Å². The Morgan fingerprint density at radius 2 is 2.29 bits per heavy atom. The number of carbonyl (C=O) groups is 1. The molecule has 17 heavy (non-hydrogen) atoms. The van der Waals surface area contributed by atoms with Crippen molar-refractivity contribution in [2.45, 2.75) is 57.1 Å². The monoisotopic (exact) mass is 258 g/mol. The van der Waals surface area contributed by atoms with Gasteiger partial charge in [-0.3, -0.25) is 4.79 Å². The van der Waals surface area contributed by atoms with E-state index in [4.69, 9.17) is 14.2 Å². The van der Waals surface area contributed by atoms with E-state index in [1.54, 1.807) is 0 Å². The second-order valence-electron chi connectivity index (χ2n) is 5.08. The minimum Gasteiger partial charge on any atom is -0.441 e. The van der Waals surface area contributed by atoms with E-state index >= 15 is 0 Å². The molecule has 1 saturated carbocycles. The van der Waals surface area contributed by atoms with Gasteiger partial charge in [-0.2, -0.15) is 0 Å². The molecule has 0 spiro atoms. The summed E-state index contributed by atoms with van der Waals surface area (Å²) in [6, 6.07) is 0. The van der Waals surface area contributed by atoms with Crippen molar-refractivity contribution in [3.05, 3.63) is 0 Å². The molecule has 0 bridgehead atoms. The fourth-order valence-corrected chi connectivity index (χ4v) is 3.21. The standard InChI is InChI=1S/C12H22O4Si/c1-8(13)15-12(17)14-6-2-3-9-4-5-10-11(7-9)16-10/h9-12H,2-7H2,1,17H3. The normalized spacial score (nSPS) is 32.9. The van der Waals surface area contributed by atoms with E-state index in [2.05, 4.69) is 0 Å². The Balaban J connectivity index is 1.49. The van der Waals surface area contributed by atoms with Crippen LogP contribution >= 0.6 is 0 Å². The van der Waals surface area contributed by atoms with Crippen molar-refractivity contribution in [2.24, 2.45) is 5.92 Å². The van der Waals surface area contributed by atoms with Crippen LogP contribution in [0, 0.1) is 5.92 Å². The Hall–Kier alpha value is -0.393. The molecule has 4 nitrogen and oxygen atoms in total. The second kappa shape index (κ2) is 5.98. The third-order valence-corrected chi connectivity index (χ3v) is 4.12. The van der Waals surface area contributed by atoms with Crippen molar-refractivity contribution < 1.29 is 19.0 Å². The Kier molecular flexibility index (Phi) is 4.59. The van der Waals surface area contributed by atoms with Crippen molar-refractivity contribution in [1.82, 2.24) is 0 Å².